The van der Waals surface area contributed by atoms with Crippen LogP contribution in [0.15, 0.2) is 48.7 Å². The largest absolute Gasteiger partial charge is 0.355 e. The molecule has 1 aliphatic heterocycles. The van der Waals surface area contributed by atoms with Crippen molar-refractivity contribution >= 4 is 17.5 Å². The Hall–Kier alpha value is -3.29. The first kappa shape index (κ1) is 20.0. The molecule has 30 heavy (non-hydrogen) atoms. The van der Waals surface area contributed by atoms with Crippen LogP contribution in [0.5, 0.6) is 0 Å². The highest BCUT2D eigenvalue weighted by Crippen LogP contribution is 2.28. The quantitative estimate of drug-likeness (QED) is 0.690. The molecular formula is C22H25FN6O. The number of aromatic nitrogens is 4. The first-order valence-electron chi connectivity index (χ1n) is 10.2. The Morgan fingerprint density at radius 1 is 1.13 bits per heavy atom. The predicted molar refractivity (Wildman–Crippen MR) is 113 cm³/mol. The van der Waals surface area contributed by atoms with E-state index in [9.17, 15) is 9.18 Å². The van der Waals surface area contributed by atoms with Gasteiger partial charge in [0.1, 0.15) is 11.6 Å². The fourth-order valence-electron chi connectivity index (χ4n) is 3.67. The second-order valence-corrected chi connectivity index (χ2v) is 7.81. The van der Waals surface area contributed by atoms with Crippen LogP contribution in [0.1, 0.15) is 54.7 Å². The number of rotatable bonds is 5. The van der Waals surface area contributed by atoms with E-state index < -0.39 is 5.82 Å². The number of benzene rings is 1. The second kappa shape index (κ2) is 8.61. The van der Waals surface area contributed by atoms with Crippen LogP contribution in [0.2, 0.25) is 0 Å². The lowest BCUT2D eigenvalue weighted by Gasteiger charge is -2.33. The van der Waals surface area contributed by atoms with Crippen LogP contribution < -0.4 is 10.2 Å². The van der Waals surface area contributed by atoms with E-state index in [4.69, 9.17) is 0 Å². The predicted octanol–water partition coefficient (Wildman–Crippen LogP) is 4.03. The molecule has 1 amide bonds. The first-order valence-corrected chi connectivity index (χ1v) is 10.2. The lowest BCUT2D eigenvalue weighted by atomic mass is 10.1. The van der Waals surface area contributed by atoms with Crippen molar-refractivity contribution in [3.8, 4) is 0 Å². The standard InChI is InChI=1S/C22H25FN6O/c1-15(2)19-6-7-21(27-26-19)28-12-9-18(10-13-28)29-20(8-11-24-29)25-22(30)16-4-3-5-17(23)14-16/h3-8,11,14-15,18H,9-10,12-13H2,1-2H3,(H,25,30). The molecule has 0 unspecified atom stereocenters. The number of halogens is 1. The minimum atomic E-state index is -0.437. The molecule has 4 rings (SSSR count). The van der Waals surface area contributed by atoms with Gasteiger partial charge in [0.05, 0.1) is 17.9 Å². The lowest BCUT2D eigenvalue weighted by molar-refractivity contribution is 0.102. The number of hydrogen-bond donors (Lipinski definition) is 1. The van der Waals surface area contributed by atoms with Crippen molar-refractivity contribution < 1.29 is 9.18 Å². The highest BCUT2D eigenvalue weighted by Gasteiger charge is 2.24. The number of nitrogens with zero attached hydrogens (tertiary/aromatic N) is 5. The number of amides is 1. The van der Waals surface area contributed by atoms with Crippen molar-refractivity contribution in [1.29, 1.82) is 0 Å². The van der Waals surface area contributed by atoms with Gasteiger partial charge in [0.25, 0.3) is 5.91 Å². The molecule has 0 atom stereocenters. The molecule has 1 aromatic carbocycles. The van der Waals surface area contributed by atoms with Crippen LogP contribution in [0, 0.1) is 5.82 Å². The van der Waals surface area contributed by atoms with Crippen molar-refractivity contribution in [3.63, 3.8) is 0 Å². The zero-order valence-electron chi connectivity index (χ0n) is 17.1. The maximum Gasteiger partial charge on any atom is 0.256 e. The molecule has 1 aliphatic rings. The van der Waals surface area contributed by atoms with Crippen LogP contribution in [-0.4, -0.2) is 39.0 Å². The summed E-state index contributed by atoms with van der Waals surface area (Å²) in [4.78, 5) is 14.7. The number of anilines is 2. The maximum atomic E-state index is 13.4. The fourth-order valence-corrected chi connectivity index (χ4v) is 3.67. The molecule has 2 aromatic heterocycles. The molecule has 3 aromatic rings. The van der Waals surface area contributed by atoms with Gasteiger partial charge in [-0.05, 0) is 49.1 Å². The number of nitrogens with one attached hydrogen (secondary N) is 1. The summed E-state index contributed by atoms with van der Waals surface area (Å²) >= 11 is 0. The highest BCUT2D eigenvalue weighted by atomic mass is 19.1. The summed E-state index contributed by atoms with van der Waals surface area (Å²) in [7, 11) is 0. The molecule has 1 N–H and O–H groups in total. The Kier molecular flexibility index (Phi) is 5.74. The van der Waals surface area contributed by atoms with Crippen LogP contribution in [0.4, 0.5) is 16.0 Å². The molecule has 3 heterocycles. The van der Waals surface area contributed by atoms with E-state index in [0.717, 1.165) is 37.4 Å². The van der Waals surface area contributed by atoms with Crippen molar-refractivity contribution in [2.45, 2.75) is 38.6 Å². The van der Waals surface area contributed by atoms with Gasteiger partial charge in [-0.15, -0.1) is 5.10 Å². The smallest absolute Gasteiger partial charge is 0.256 e. The average Bonchev–Trinajstić information content (AvgIpc) is 3.22. The second-order valence-electron chi connectivity index (χ2n) is 7.81. The van der Waals surface area contributed by atoms with E-state index in [2.05, 4.69) is 39.4 Å². The summed E-state index contributed by atoms with van der Waals surface area (Å²) in [5.41, 5.74) is 1.27. The molecular weight excluding hydrogens is 383 g/mol. The molecule has 0 bridgehead atoms. The zero-order chi connectivity index (χ0) is 21.1. The number of hydrogen-bond acceptors (Lipinski definition) is 5. The Labute approximate surface area is 174 Å². The minimum absolute atomic E-state index is 0.168. The number of piperidine rings is 1. The van der Waals surface area contributed by atoms with Gasteiger partial charge in [0.15, 0.2) is 5.82 Å². The molecule has 0 saturated carbocycles. The summed E-state index contributed by atoms with van der Waals surface area (Å²) in [6, 6.07) is 11.6. The van der Waals surface area contributed by atoms with Crippen molar-refractivity contribution in [2.75, 3.05) is 23.3 Å². The first-order chi connectivity index (χ1) is 14.5. The molecule has 1 fully saturated rings. The van der Waals surface area contributed by atoms with Crippen molar-refractivity contribution in [1.82, 2.24) is 20.0 Å². The Balaban J connectivity index is 1.40. The van der Waals surface area contributed by atoms with Gasteiger partial charge in [-0.1, -0.05) is 19.9 Å². The maximum absolute atomic E-state index is 13.4. The highest BCUT2D eigenvalue weighted by molar-refractivity contribution is 6.03. The molecule has 156 valence electrons. The van der Waals surface area contributed by atoms with Gasteiger partial charge in [0.2, 0.25) is 0 Å². The van der Waals surface area contributed by atoms with Gasteiger partial charge >= 0.3 is 0 Å². The van der Waals surface area contributed by atoms with Gasteiger partial charge in [0, 0.05) is 24.7 Å². The van der Waals surface area contributed by atoms with Gasteiger partial charge in [-0.25, -0.2) is 9.07 Å². The third-order valence-corrected chi connectivity index (χ3v) is 5.40. The zero-order valence-corrected chi connectivity index (χ0v) is 17.1. The van der Waals surface area contributed by atoms with Crippen LogP contribution in [0.25, 0.3) is 0 Å². The number of carbonyl (C=O) groups is 1. The van der Waals surface area contributed by atoms with E-state index in [-0.39, 0.29) is 17.5 Å². The molecule has 7 nitrogen and oxygen atoms in total. The normalized spacial score (nSPS) is 14.9. The monoisotopic (exact) mass is 408 g/mol. The molecule has 0 aliphatic carbocycles. The van der Waals surface area contributed by atoms with Crippen LogP contribution in [0.3, 0.4) is 0 Å². The molecule has 0 radical (unpaired) electrons. The lowest BCUT2D eigenvalue weighted by Crippen LogP contribution is -2.36. The summed E-state index contributed by atoms with van der Waals surface area (Å²) in [5, 5.41) is 16.0. The van der Waals surface area contributed by atoms with Crippen molar-refractivity contribution in [2.24, 2.45) is 0 Å². The van der Waals surface area contributed by atoms with E-state index in [0.29, 0.717) is 11.7 Å². The molecule has 8 heteroatoms. The SMILES string of the molecule is CC(C)c1ccc(N2CCC(n3nccc3NC(=O)c3cccc(F)c3)CC2)nn1. The van der Waals surface area contributed by atoms with Crippen LogP contribution in [-0.2, 0) is 0 Å². The molecule has 1 saturated heterocycles. The Morgan fingerprint density at radius 2 is 1.93 bits per heavy atom. The van der Waals surface area contributed by atoms with E-state index in [1.165, 1.54) is 18.2 Å². The van der Waals surface area contributed by atoms with Gasteiger partial charge in [-0.2, -0.15) is 10.2 Å². The summed E-state index contributed by atoms with van der Waals surface area (Å²) < 4.78 is 15.3. The minimum Gasteiger partial charge on any atom is -0.355 e. The summed E-state index contributed by atoms with van der Waals surface area (Å²) in [6.07, 6.45) is 3.42. The number of carbonyl (C=O) groups excluding carboxylic acids is 1. The van der Waals surface area contributed by atoms with Crippen LogP contribution >= 0.6 is 0 Å². The van der Waals surface area contributed by atoms with E-state index >= 15 is 0 Å². The fraction of sp³-hybridized carbons (Fsp3) is 0.364. The summed E-state index contributed by atoms with van der Waals surface area (Å²) in [6.45, 7) is 5.86. The van der Waals surface area contributed by atoms with E-state index in [1.807, 2.05) is 16.8 Å². The third kappa shape index (κ3) is 4.32. The van der Waals surface area contributed by atoms with Gasteiger partial charge in [-0.3, -0.25) is 4.79 Å². The van der Waals surface area contributed by atoms with E-state index in [1.54, 1.807) is 18.3 Å². The topological polar surface area (TPSA) is 75.9 Å². The Bertz CT molecular complexity index is 1010. The molecule has 0 spiro atoms. The van der Waals surface area contributed by atoms with Gasteiger partial charge < -0.3 is 10.2 Å². The summed E-state index contributed by atoms with van der Waals surface area (Å²) in [5.74, 6) is 1.07. The average molecular weight is 408 g/mol. The van der Waals surface area contributed by atoms with Crippen molar-refractivity contribution in [3.05, 3.63) is 65.7 Å². The third-order valence-electron chi connectivity index (χ3n) is 5.40. The Morgan fingerprint density at radius 3 is 2.60 bits per heavy atom.